The summed E-state index contributed by atoms with van der Waals surface area (Å²) in [6, 6.07) is 3.65. The number of rotatable bonds is 4. The van der Waals surface area contributed by atoms with Crippen molar-refractivity contribution in [3.63, 3.8) is 0 Å². The second kappa shape index (κ2) is 8.46. The van der Waals surface area contributed by atoms with Gasteiger partial charge in [0, 0.05) is 19.6 Å². The fraction of sp³-hybridized carbons (Fsp3) is 0.476. The number of nitrogens with zero attached hydrogens (tertiary/aromatic N) is 3. The monoisotopic (exact) mass is 384 g/mol. The Hall–Kier alpha value is -2.83. The first-order valence-electron chi connectivity index (χ1n) is 9.63. The van der Waals surface area contributed by atoms with Crippen LogP contribution in [0.4, 0.5) is 11.5 Å². The van der Waals surface area contributed by atoms with E-state index in [0.29, 0.717) is 30.3 Å². The van der Waals surface area contributed by atoms with E-state index < -0.39 is 0 Å². The highest BCUT2D eigenvalue weighted by molar-refractivity contribution is 5.94. The highest BCUT2D eigenvalue weighted by atomic mass is 16.5. The van der Waals surface area contributed by atoms with Gasteiger partial charge in [0.15, 0.2) is 0 Å². The minimum Gasteiger partial charge on any atom is -0.465 e. The summed E-state index contributed by atoms with van der Waals surface area (Å²) in [6.45, 7) is 6.36. The molecule has 1 saturated heterocycles. The van der Waals surface area contributed by atoms with Crippen molar-refractivity contribution in [3.8, 4) is 0 Å². The Kier molecular flexibility index (Phi) is 6.02. The van der Waals surface area contributed by atoms with Crippen LogP contribution in [-0.4, -0.2) is 55.0 Å². The van der Waals surface area contributed by atoms with Crippen LogP contribution < -0.4 is 10.6 Å². The summed E-state index contributed by atoms with van der Waals surface area (Å²) in [5.41, 5.74) is 9.00. The van der Waals surface area contributed by atoms with Crippen molar-refractivity contribution in [1.29, 1.82) is 0 Å². The number of amides is 1. The number of anilines is 2. The Bertz CT molecular complexity index is 813. The fourth-order valence-electron chi connectivity index (χ4n) is 3.83. The first-order valence-corrected chi connectivity index (χ1v) is 9.63. The zero-order valence-corrected chi connectivity index (χ0v) is 16.8. The lowest BCUT2D eigenvalue weighted by atomic mass is 9.84. The Morgan fingerprint density at radius 3 is 2.82 bits per heavy atom. The van der Waals surface area contributed by atoms with Crippen LogP contribution in [0.5, 0.6) is 0 Å². The van der Waals surface area contributed by atoms with Gasteiger partial charge < -0.3 is 20.3 Å². The molecule has 1 aliphatic carbocycles. The van der Waals surface area contributed by atoms with Crippen molar-refractivity contribution in [2.24, 2.45) is 5.92 Å². The molecule has 0 aromatic carbocycles. The third kappa shape index (κ3) is 4.18. The van der Waals surface area contributed by atoms with Gasteiger partial charge in [-0.05, 0) is 49.0 Å². The van der Waals surface area contributed by atoms with Crippen LogP contribution in [0.1, 0.15) is 26.7 Å². The largest absolute Gasteiger partial charge is 0.465 e. The van der Waals surface area contributed by atoms with Crippen molar-refractivity contribution in [1.82, 2.24) is 9.88 Å². The number of aromatic nitrogens is 1. The lowest BCUT2D eigenvalue weighted by molar-refractivity contribution is -0.135. The average molecular weight is 384 g/mol. The Morgan fingerprint density at radius 1 is 1.36 bits per heavy atom. The molecule has 0 bridgehead atoms. The van der Waals surface area contributed by atoms with Gasteiger partial charge >= 0.3 is 5.97 Å². The number of nitrogens with two attached hydrogens (primary N) is 1. The normalized spacial score (nSPS) is 20.8. The Balaban J connectivity index is 1.75. The fourth-order valence-corrected chi connectivity index (χ4v) is 3.83. The molecule has 0 radical (unpaired) electrons. The van der Waals surface area contributed by atoms with E-state index in [1.54, 1.807) is 12.3 Å². The van der Waals surface area contributed by atoms with Gasteiger partial charge in [0.25, 0.3) is 0 Å². The molecule has 2 aliphatic rings. The first kappa shape index (κ1) is 19.9. The molecule has 1 atom stereocenters. The number of hydrogen-bond donors (Lipinski definition) is 1. The van der Waals surface area contributed by atoms with E-state index in [-0.39, 0.29) is 18.4 Å². The van der Waals surface area contributed by atoms with Crippen LogP contribution in [0.15, 0.2) is 41.1 Å². The Morgan fingerprint density at radius 2 is 2.14 bits per heavy atom. The summed E-state index contributed by atoms with van der Waals surface area (Å²) in [7, 11) is 1.40. The van der Waals surface area contributed by atoms with Crippen LogP contribution in [0.25, 0.3) is 0 Å². The maximum Gasteiger partial charge on any atom is 0.337 e. The standard InChI is InChI=1S/C21H28N4O3/c1-14-5-7-17(21(27)28-3)15(2)18(14)12-25-10-4-9-24(13-20(25)26)19-8-6-16(22)11-23-19/h6-8,11,14H,4-5,9-10,12-13,22H2,1-3H3. The van der Waals surface area contributed by atoms with E-state index >= 15 is 0 Å². The van der Waals surface area contributed by atoms with Gasteiger partial charge in [-0.1, -0.05) is 13.0 Å². The summed E-state index contributed by atoms with van der Waals surface area (Å²) in [6.07, 6.45) is 5.19. The average Bonchev–Trinajstić information content (AvgIpc) is 2.86. The third-order valence-corrected chi connectivity index (χ3v) is 5.55. The molecule has 7 nitrogen and oxygen atoms in total. The second-order valence-electron chi connectivity index (χ2n) is 7.44. The molecular formula is C21H28N4O3. The second-order valence-corrected chi connectivity index (χ2v) is 7.44. The summed E-state index contributed by atoms with van der Waals surface area (Å²) in [5, 5.41) is 0. The van der Waals surface area contributed by atoms with E-state index in [1.165, 1.54) is 7.11 Å². The lowest BCUT2D eigenvalue weighted by Gasteiger charge is -2.29. The molecule has 3 rings (SSSR count). The predicted molar refractivity (Wildman–Crippen MR) is 109 cm³/mol. The molecule has 2 N–H and O–H groups in total. The van der Waals surface area contributed by atoms with Crippen molar-refractivity contribution in [2.45, 2.75) is 26.7 Å². The van der Waals surface area contributed by atoms with Gasteiger partial charge in [-0.3, -0.25) is 4.79 Å². The SMILES string of the molecule is COC(=O)C1=CCC(C)C(CN2CCCN(c3ccc(N)cn3)CC2=O)=C1C. The van der Waals surface area contributed by atoms with E-state index in [4.69, 9.17) is 10.5 Å². The number of hydrogen-bond acceptors (Lipinski definition) is 6. The highest BCUT2D eigenvalue weighted by Crippen LogP contribution is 2.31. The summed E-state index contributed by atoms with van der Waals surface area (Å²) in [4.78, 5) is 33.2. The molecule has 7 heteroatoms. The molecule has 0 spiro atoms. The van der Waals surface area contributed by atoms with E-state index in [0.717, 1.165) is 36.4 Å². The molecule has 1 unspecified atom stereocenters. The number of allylic oxidation sites excluding steroid dienone is 1. The summed E-state index contributed by atoms with van der Waals surface area (Å²) < 4.78 is 4.90. The molecule has 1 amide bonds. The molecule has 28 heavy (non-hydrogen) atoms. The number of carbonyl (C=O) groups is 2. The van der Waals surface area contributed by atoms with E-state index in [1.807, 2.05) is 28.9 Å². The van der Waals surface area contributed by atoms with Crippen molar-refractivity contribution in [2.75, 3.05) is 43.9 Å². The molecule has 1 fully saturated rings. The zero-order chi connectivity index (χ0) is 20.3. The maximum absolute atomic E-state index is 12.9. The molecule has 1 aromatic rings. The maximum atomic E-state index is 12.9. The smallest absolute Gasteiger partial charge is 0.337 e. The summed E-state index contributed by atoms with van der Waals surface area (Å²) >= 11 is 0. The quantitative estimate of drug-likeness (QED) is 0.801. The van der Waals surface area contributed by atoms with Crippen LogP contribution in [0.2, 0.25) is 0 Å². The lowest BCUT2D eigenvalue weighted by Crippen LogP contribution is -2.39. The van der Waals surface area contributed by atoms with E-state index in [2.05, 4.69) is 11.9 Å². The highest BCUT2D eigenvalue weighted by Gasteiger charge is 2.28. The number of esters is 1. The van der Waals surface area contributed by atoms with Crippen molar-refractivity contribution < 1.29 is 14.3 Å². The molecule has 1 aliphatic heterocycles. The van der Waals surface area contributed by atoms with Gasteiger partial charge in [0.1, 0.15) is 5.82 Å². The van der Waals surface area contributed by atoms with Crippen LogP contribution in [0.3, 0.4) is 0 Å². The number of pyridine rings is 1. The van der Waals surface area contributed by atoms with E-state index in [9.17, 15) is 9.59 Å². The van der Waals surface area contributed by atoms with Gasteiger partial charge in [0.05, 0.1) is 31.1 Å². The van der Waals surface area contributed by atoms with Crippen LogP contribution >= 0.6 is 0 Å². The zero-order valence-electron chi connectivity index (χ0n) is 16.8. The minimum atomic E-state index is -0.315. The number of nitrogen functional groups attached to an aromatic ring is 1. The predicted octanol–water partition coefficient (Wildman–Crippen LogP) is 2.16. The molecule has 150 valence electrons. The first-order chi connectivity index (χ1) is 13.4. The Labute approximate surface area is 165 Å². The number of ether oxygens (including phenoxy) is 1. The topological polar surface area (TPSA) is 88.8 Å². The number of methoxy groups -OCH3 is 1. The molecular weight excluding hydrogens is 356 g/mol. The third-order valence-electron chi connectivity index (χ3n) is 5.55. The van der Waals surface area contributed by atoms with Gasteiger partial charge in [0.2, 0.25) is 5.91 Å². The number of carbonyl (C=O) groups excluding carboxylic acids is 2. The summed E-state index contributed by atoms with van der Waals surface area (Å²) in [5.74, 6) is 0.809. The molecule has 2 heterocycles. The van der Waals surface area contributed by atoms with Crippen LogP contribution in [-0.2, 0) is 14.3 Å². The van der Waals surface area contributed by atoms with Crippen LogP contribution in [0, 0.1) is 5.92 Å². The van der Waals surface area contributed by atoms with Gasteiger partial charge in [-0.15, -0.1) is 0 Å². The minimum absolute atomic E-state index is 0.0674. The van der Waals surface area contributed by atoms with Crippen molar-refractivity contribution >= 4 is 23.4 Å². The molecule has 0 saturated carbocycles. The van der Waals surface area contributed by atoms with Gasteiger partial charge in [-0.2, -0.15) is 0 Å². The van der Waals surface area contributed by atoms with Crippen molar-refractivity contribution in [3.05, 3.63) is 41.1 Å². The van der Waals surface area contributed by atoms with Gasteiger partial charge in [-0.25, -0.2) is 9.78 Å². The molecule has 1 aromatic heterocycles.